The molecule has 1 saturated carbocycles. The summed E-state index contributed by atoms with van der Waals surface area (Å²) in [6.45, 7) is 1.83. The van der Waals surface area contributed by atoms with E-state index in [1.165, 1.54) is 11.8 Å². The van der Waals surface area contributed by atoms with E-state index in [2.05, 4.69) is 20.1 Å². The van der Waals surface area contributed by atoms with E-state index in [1.54, 1.807) is 18.2 Å². The van der Waals surface area contributed by atoms with Crippen LogP contribution in [0, 0.1) is 0 Å². The molecular weight excluding hydrogens is 415 g/mol. The molecule has 1 aliphatic carbocycles. The van der Waals surface area contributed by atoms with E-state index in [0.29, 0.717) is 26.8 Å². The highest BCUT2D eigenvalue weighted by Gasteiger charge is 2.32. The van der Waals surface area contributed by atoms with E-state index in [1.807, 2.05) is 37.3 Å². The predicted octanol–water partition coefficient (Wildman–Crippen LogP) is 5.57. The van der Waals surface area contributed by atoms with Crippen molar-refractivity contribution < 1.29 is 4.79 Å². The fourth-order valence-electron chi connectivity index (χ4n) is 2.82. The number of anilines is 1. The zero-order valence-corrected chi connectivity index (χ0v) is 17.4. The van der Waals surface area contributed by atoms with Crippen LogP contribution in [0.3, 0.4) is 0 Å². The summed E-state index contributed by atoms with van der Waals surface area (Å²) in [7, 11) is 0. The monoisotopic (exact) mass is 432 g/mol. The van der Waals surface area contributed by atoms with Gasteiger partial charge in [-0.3, -0.25) is 9.36 Å². The van der Waals surface area contributed by atoms with Gasteiger partial charge in [0.2, 0.25) is 5.91 Å². The van der Waals surface area contributed by atoms with E-state index in [9.17, 15) is 4.79 Å². The Morgan fingerprint density at radius 3 is 2.64 bits per heavy atom. The molecule has 1 aliphatic rings. The van der Waals surface area contributed by atoms with Gasteiger partial charge in [-0.05, 0) is 50.1 Å². The van der Waals surface area contributed by atoms with Crippen molar-refractivity contribution in [3.63, 3.8) is 0 Å². The number of halogens is 2. The van der Waals surface area contributed by atoms with Crippen LogP contribution in [0.2, 0.25) is 10.0 Å². The van der Waals surface area contributed by atoms with Crippen LogP contribution in [-0.2, 0) is 4.79 Å². The SMILES string of the molecule is CC(Sc1nnc(C2CC2)n1-c1ccccc1)C(=O)Nc1cc(Cl)ccc1Cl. The fraction of sp³-hybridized carbons (Fsp3) is 0.250. The molecule has 1 fully saturated rings. The summed E-state index contributed by atoms with van der Waals surface area (Å²) in [4.78, 5) is 12.7. The number of benzene rings is 2. The van der Waals surface area contributed by atoms with Crippen LogP contribution in [0.1, 0.15) is 31.5 Å². The second-order valence-electron chi connectivity index (χ2n) is 6.66. The first-order chi connectivity index (χ1) is 13.5. The lowest BCUT2D eigenvalue weighted by Crippen LogP contribution is -2.23. The molecule has 2 aromatic carbocycles. The summed E-state index contributed by atoms with van der Waals surface area (Å²) in [6.07, 6.45) is 2.25. The minimum Gasteiger partial charge on any atom is -0.324 e. The van der Waals surface area contributed by atoms with Gasteiger partial charge in [-0.2, -0.15) is 0 Å². The molecule has 4 rings (SSSR count). The maximum atomic E-state index is 12.7. The quantitative estimate of drug-likeness (QED) is 0.517. The van der Waals surface area contributed by atoms with E-state index in [-0.39, 0.29) is 5.91 Å². The molecule has 0 aliphatic heterocycles. The first-order valence-corrected chi connectivity index (χ1v) is 10.6. The number of hydrogen-bond donors (Lipinski definition) is 1. The molecule has 0 spiro atoms. The molecule has 5 nitrogen and oxygen atoms in total. The third-order valence-electron chi connectivity index (χ3n) is 4.45. The van der Waals surface area contributed by atoms with Crippen molar-refractivity contribution in [2.24, 2.45) is 0 Å². The number of hydrogen-bond acceptors (Lipinski definition) is 4. The number of nitrogens with one attached hydrogen (secondary N) is 1. The number of nitrogens with zero attached hydrogens (tertiary/aromatic N) is 3. The van der Waals surface area contributed by atoms with Crippen LogP contribution in [0.5, 0.6) is 0 Å². The van der Waals surface area contributed by atoms with Crippen molar-refractivity contribution in [1.82, 2.24) is 14.8 Å². The molecule has 28 heavy (non-hydrogen) atoms. The molecule has 8 heteroatoms. The predicted molar refractivity (Wildman–Crippen MR) is 114 cm³/mol. The van der Waals surface area contributed by atoms with Crippen molar-refractivity contribution >= 4 is 46.6 Å². The van der Waals surface area contributed by atoms with Gasteiger partial charge in [0.05, 0.1) is 16.0 Å². The van der Waals surface area contributed by atoms with Crippen molar-refractivity contribution in [3.05, 3.63) is 64.4 Å². The molecule has 0 bridgehead atoms. The average molecular weight is 433 g/mol. The highest BCUT2D eigenvalue weighted by Crippen LogP contribution is 2.41. The van der Waals surface area contributed by atoms with Crippen LogP contribution in [0.25, 0.3) is 5.69 Å². The summed E-state index contributed by atoms with van der Waals surface area (Å²) >= 11 is 13.5. The highest BCUT2D eigenvalue weighted by molar-refractivity contribution is 8.00. The highest BCUT2D eigenvalue weighted by atomic mass is 35.5. The first kappa shape index (κ1) is 19.3. The van der Waals surface area contributed by atoms with Gasteiger partial charge in [0.25, 0.3) is 0 Å². The molecule has 0 radical (unpaired) electrons. The average Bonchev–Trinajstić information content (AvgIpc) is 3.46. The van der Waals surface area contributed by atoms with Gasteiger partial charge < -0.3 is 5.32 Å². The van der Waals surface area contributed by atoms with Gasteiger partial charge >= 0.3 is 0 Å². The van der Waals surface area contributed by atoms with E-state index >= 15 is 0 Å². The summed E-state index contributed by atoms with van der Waals surface area (Å²) in [5.74, 6) is 1.22. The minimum absolute atomic E-state index is 0.176. The molecule has 0 saturated heterocycles. The molecule has 1 heterocycles. The topological polar surface area (TPSA) is 59.8 Å². The van der Waals surface area contributed by atoms with Crippen LogP contribution < -0.4 is 5.32 Å². The van der Waals surface area contributed by atoms with Gasteiger partial charge in [-0.1, -0.05) is 53.2 Å². The molecule has 1 aromatic heterocycles. The number of rotatable bonds is 6. The molecular formula is C20H18Cl2N4OS. The zero-order chi connectivity index (χ0) is 19.7. The van der Waals surface area contributed by atoms with Crippen LogP contribution in [0.4, 0.5) is 5.69 Å². The number of aromatic nitrogens is 3. The molecule has 1 N–H and O–H groups in total. The molecule has 3 aromatic rings. The van der Waals surface area contributed by atoms with E-state index < -0.39 is 5.25 Å². The smallest absolute Gasteiger partial charge is 0.237 e. The van der Waals surface area contributed by atoms with Gasteiger partial charge in [0, 0.05) is 16.6 Å². The Labute approximate surface area is 177 Å². The van der Waals surface area contributed by atoms with Crippen LogP contribution >= 0.6 is 35.0 Å². The Bertz CT molecular complexity index is 1000. The number of carbonyl (C=O) groups excluding carboxylic acids is 1. The Morgan fingerprint density at radius 2 is 1.93 bits per heavy atom. The molecule has 1 atom stereocenters. The van der Waals surface area contributed by atoms with Crippen LogP contribution in [-0.4, -0.2) is 25.9 Å². The summed E-state index contributed by atoms with van der Waals surface area (Å²) in [5, 5.41) is 12.9. The second kappa shape index (κ2) is 8.15. The number of para-hydroxylation sites is 1. The first-order valence-electron chi connectivity index (χ1n) is 8.96. The maximum Gasteiger partial charge on any atom is 0.237 e. The summed E-state index contributed by atoms with van der Waals surface area (Å²) < 4.78 is 2.05. The third-order valence-corrected chi connectivity index (χ3v) is 6.06. The van der Waals surface area contributed by atoms with E-state index in [0.717, 1.165) is 24.4 Å². The second-order valence-corrected chi connectivity index (χ2v) is 8.81. The minimum atomic E-state index is -0.395. The Hall–Kier alpha value is -2.02. The van der Waals surface area contributed by atoms with Gasteiger partial charge in [-0.25, -0.2) is 0 Å². The Balaban J connectivity index is 1.55. The lowest BCUT2D eigenvalue weighted by atomic mass is 10.3. The van der Waals surface area contributed by atoms with Gasteiger partial charge in [-0.15, -0.1) is 10.2 Å². The fourth-order valence-corrected chi connectivity index (χ4v) is 4.03. The Morgan fingerprint density at radius 1 is 1.18 bits per heavy atom. The normalized spacial score (nSPS) is 14.7. The molecule has 144 valence electrons. The van der Waals surface area contributed by atoms with Crippen LogP contribution in [0.15, 0.2) is 53.7 Å². The summed E-state index contributed by atoms with van der Waals surface area (Å²) in [6, 6.07) is 15.0. The van der Waals surface area contributed by atoms with Gasteiger partial charge in [0.1, 0.15) is 5.82 Å². The summed E-state index contributed by atoms with van der Waals surface area (Å²) in [5.41, 5.74) is 1.50. The van der Waals surface area contributed by atoms with E-state index in [4.69, 9.17) is 23.2 Å². The maximum absolute atomic E-state index is 12.7. The lowest BCUT2D eigenvalue weighted by molar-refractivity contribution is -0.115. The lowest BCUT2D eigenvalue weighted by Gasteiger charge is -2.14. The number of thioether (sulfide) groups is 1. The number of carbonyl (C=O) groups is 1. The van der Waals surface area contributed by atoms with Crippen molar-refractivity contribution in [1.29, 1.82) is 0 Å². The third kappa shape index (κ3) is 4.19. The largest absolute Gasteiger partial charge is 0.324 e. The van der Waals surface area contributed by atoms with Crippen molar-refractivity contribution in [3.8, 4) is 5.69 Å². The van der Waals surface area contributed by atoms with Crippen molar-refractivity contribution in [2.45, 2.75) is 36.1 Å². The van der Waals surface area contributed by atoms with Gasteiger partial charge in [0.15, 0.2) is 5.16 Å². The molecule has 1 amide bonds. The van der Waals surface area contributed by atoms with Crippen molar-refractivity contribution in [2.75, 3.05) is 5.32 Å². The molecule has 1 unspecified atom stereocenters. The zero-order valence-electron chi connectivity index (χ0n) is 15.1. The standard InChI is InChI=1S/C20H18Cl2N4OS/c1-12(19(27)23-17-11-14(21)9-10-16(17)22)28-20-25-24-18(13-7-8-13)26(20)15-5-3-2-4-6-15/h2-6,9-13H,7-8H2,1H3,(H,23,27). The Kier molecular flexibility index (Phi) is 5.62. The number of amides is 1.